The minimum atomic E-state index is -4.67. The SMILES string of the molecule is CCc1n[n+]2c(C)cc(C)nc2s1.O=S(=O)(O)O. The highest BCUT2D eigenvalue weighted by Gasteiger charge is 2.14. The molecule has 0 aliphatic rings. The van der Waals surface area contributed by atoms with Crippen LogP contribution in [0.1, 0.15) is 23.3 Å². The van der Waals surface area contributed by atoms with Gasteiger partial charge in [0.2, 0.25) is 0 Å². The van der Waals surface area contributed by atoms with Crippen LogP contribution in [0.5, 0.6) is 0 Å². The van der Waals surface area contributed by atoms with Crippen molar-refractivity contribution in [1.29, 1.82) is 0 Å². The lowest BCUT2D eigenvalue weighted by atomic mass is 10.4. The molecule has 0 saturated carbocycles. The summed E-state index contributed by atoms with van der Waals surface area (Å²) in [6, 6.07) is 2.05. The predicted octanol–water partition coefficient (Wildman–Crippen LogP) is 0.803. The van der Waals surface area contributed by atoms with E-state index < -0.39 is 10.4 Å². The first kappa shape index (κ1) is 14.9. The van der Waals surface area contributed by atoms with Crippen LogP contribution in [0.2, 0.25) is 0 Å². The molecule has 2 aromatic heterocycles. The molecule has 100 valence electrons. The second-order valence-electron chi connectivity index (χ2n) is 3.53. The highest BCUT2D eigenvalue weighted by Crippen LogP contribution is 2.09. The van der Waals surface area contributed by atoms with Gasteiger partial charge in [-0.25, -0.2) is 0 Å². The van der Waals surface area contributed by atoms with Crippen molar-refractivity contribution in [3.63, 3.8) is 0 Å². The van der Waals surface area contributed by atoms with E-state index in [2.05, 4.69) is 23.9 Å². The van der Waals surface area contributed by atoms with Gasteiger partial charge in [-0.05, 0) is 16.3 Å². The molecular formula is C9H14N3O4S2+. The van der Waals surface area contributed by atoms with Crippen molar-refractivity contribution in [2.24, 2.45) is 0 Å². The summed E-state index contributed by atoms with van der Waals surface area (Å²) < 4.78 is 33.5. The van der Waals surface area contributed by atoms with Crippen LogP contribution in [0, 0.1) is 13.8 Å². The van der Waals surface area contributed by atoms with E-state index in [0.717, 1.165) is 27.8 Å². The van der Waals surface area contributed by atoms with Crippen LogP contribution in [0.15, 0.2) is 6.07 Å². The van der Waals surface area contributed by atoms with E-state index in [9.17, 15) is 0 Å². The van der Waals surface area contributed by atoms with E-state index in [4.69, 9.17) is 17.5 Å². The highest BCUT2D eigenvalue weighted by atomic mass is 32.3. The minimum Gasteiger partial charge on any atom is -0.264 e. The Labute approximate surface area is 109 Å². The average Bonchev–Trinajstić information content (AvgIpc) is 2.58. The van der Waals surface area contributed by atoms with Gasteiger partial charge < -0.3 is 0 Å². The molecule has 0 aliphatic heterocycles. The van der Waals surface area contributed by atoms with Gasteiger partial charge in [-0.2, -0.15) is 8.42 Å². The summed E-state index contributed by atoms with van der Waals surface area (Å²) in [4.78, 5) is 5.42. The minimum absolute atomic E-state index is 0.979. The van der Waals surface area contributed by atoms with Gasteiger partial charge in [0.05, 0.1) is 0 Å². The largest absolute Gasteiger partial charge is 0.410 e. The first-order valence-corrected chi connectivity index (χ1v) is 7.28. The Morgan fingerprint density at radius 3 is 2.44 bits per heavy atom. The van der Waals surface area contributed by atoms with Crippen molar-refractivity contribution in [2.75, 3.05) is 0 Å². The molecule has 0 aromatic carbocycles. The second kappa shape index (κ2) is 5.65. The Morgan fingerprint density at radius 2 is 1.94 bits per heavy atom. The topological polar surface area (TPSA) is 104 Å². The maximum Gasteiger partial charge on any atom is 0.410 e. The van der Waals surface area contributed by atoms with Gasteiger partial charge in [0.25, 0.3) is 0 Å². The molecule has 9 heteroatoms. The number of aromatic nitrogens is 3. The number of hydrogen-bond acceptors (Lipinski definition) is 5. The lowest BCUT2D eigenvalue weighted by molar-refractivity contribution is -0.585. The molecular weight excluding hydrogens is 278 g/mol. The molecule has 2 aromatic rings. The van der Waals surface area contributed by atoms with Crippen LogP contribution in [-0.4, -0.2) is 27.6 Å². The molecule has 18 heavy (non-hydrogen) atoms. The molecule has 0 unspecified atom stereocenters. The monoisotopic (exact) mass is 292 g/mol. The zero-order valence-corrected chi connectivity index (χ0v) is 11.8. The summed E-state index contributed by atoms with van der Waals surface area (Å²) in [7, 11) is -4.67. The molecule has 0 saturated heterocycles. The van der Waals surface area contributed by atoms with E-state index in [1.54, 1.807) is 11.3 Å². The number of aryl methyl sites for hydroxylation is 3. The Bertz CT molecular complexity index is 643. The summed E-state index contributed by atoms with van der Waals surface area (Å²) in [5.41, 5.74) is 2.21. The lowest BCUT2D eigenvalue weighted by Gasteiger charge is -1.87. The van der Waals surface area contributed by atoms with Crippen molar-refractivity contribution in [3.8, 4) is 0 Å². The zero-order valence-electron chi connectivity index (χ0n) is 10.2. The summed E-state index contributed by atoms with van der Waals surface area (Å²) in [6.07, 6.45) is 0.979. The van der Waals surface area contributed by atoms with Crippen LogP contribution in [0.3, 0.4) is 0 Å². The van der Waals surface area contributed by atoms with Crippen molar-refractivity contribution in [3.05, 3.63) is 22.5 Å². The summed E-state index contributed by atoms with van der Waals surface area (Å²) in [5.74, 6) is 0. The molecule has 0 radical (unpaired) electrons. The van der Waals surface area contributed by atoms with Gasteiger partial charge in [0.1, 0.15) is 10.7 Å². The van der Waals surface area contributed by atoms with Gasteiger partial charge in [0, 0.05) is 26.3 Å². The number of hydrogen-bond donors (Lipinski definition) is 2. The third-order valence-electron chi connectivity index (χ3n) is 1.93. The fourth-order valence-corrected chi connectivity index (χ4v) is 2.25. The van der Waals surface area contributed by atoms with Gasteiger partial charge in [0.15, 0.2) is 5.69 Å². The third kappa shape index (κ3) is 4.61. The molecule has 0 fully saturated rings. The molecule has 2 rings (SSSR count). The number of nitrogens with zero attached hydrogens (tertiary/aromatic N) is 3. The van der Waals surface area contributed by atoms with Crippen LogP contribution >= 0.6 is 11.3 Å². The highest BCUT2D eigenvalue weighted by molar-refractivity contribution is 7.79. The third-order valence-corrected chi connectivity index (χ3v) is 2.98. The van der Waals surface area contributed by atoms with E-state index >= 15 is 0 Å². The van der Waals surface area contributed by atoms with Gasteiger partial charge in [-0.3, -0.25) is 9.11 Å². The summed E-state index contributed by atoms with van der Waals surface area (Å²) >= 11 is 1.67. The van der Waals surface area contributed by atoms with E-state index in [1.165, 1.54) is 0 Å². The molecule has 2 heterocycles. The van der Waals surface area contributed by atoms with E-state index in [0.29, 0.717) is 0 Å². The Balaban J connectivity index is 0.000000280. The predicted molar refractivity (Wildman–Crippen MR) is 66.1 cm³/mol. The molecule has 0 aliphatic carbocycles. The Kier molecular flexibility index (Phi) is 4.68. The fourth-order valence-electron chi connectivity index (χ4n) is 1.31. The van der Waals surface area contributed by atoms with Gasteiger partial charge in [-0.15, -0.1) is 0 Å². The van der Waals surface area contributed by atoms with Crippen LogP contribution in [0.25, 0.3) is 4.96 Å². The van der Waals surface area contributed by atoms with Gasteiger partial charge >= 0.3 is 15.4 Å². The number of fused-ring (bicyclic) bond motifs is 1. The summed E-state index contributed by atoms with van der Waals surface area (Å²) in [5, 5.41) is 5.58. The van der Waals surface area contributed by atoms with Crippen LogP contribution < -0.4 is 4.52 Å². The van der Waals surface area contributed by atoms with Crippen molar-refractivity contribution < 1.29 is 22.0 Å². The quantitative estimate of drug-likeness (QED) is 0.595. The fraction of sp³-hybridized carbons (Fsp3) is 0.444. The Hall–Kier alpha value is -1.16. The molecule has 0 amide bonds. The second-order valence-corrected chi connectivity index (χ2v) is 5.47. The number of rotatable bonds is 1. The van der Waals surface area contributed by atoms with Crippen LogP contribution in [0.4, 0.5) is 0 Å². The zero-order chi connectivity index (χ0) is 13.9. The normalized spacial score (nSPS) is 11.2. The van der Waals surface area contributed by atoms with Crippen molar-refractivity contribution in [2.45, 2.75) is 27.2 Å². The molecule has 0 atom stereocenters. The standard InChI is InChI=1S/C9H12N3S.H2O4S/c1-4-8-11-12-7(3)5-6(2)10-9(12)13-8;1-5(2,3)4/h5H,4H2,1-3H3;(H2,1,2,3,4)/q+1;. The maximum atomic E-state index is 8.74. The van der Waals surface area contributed by atoms with E-state index in [1.807, 2.05) is 17.5 Å². The first-order chi connectivity index (χ1) is 8.20. The van der Waals surface area contributed by atoms with Gasteiger partial charge in [-0.1, -0.05) is 16.5 Å². The molecule has 0 spiro atoms. The molecule has 7 nitrogen and oxygen atoms in total. The van der Waals surface area contributed by atoms with E-state index in [-0.39, 0.29) is 0 Å². The molecule has 0 bridgehead atoms. The van der Waals surface area contributed by atoms with Crippen molar-refractivity contribution in [1.82, 2.24) is 10.1 Å². The molecule has 2 N–H and O–H groups in total. The maximum absolute atomic E-state index is 8.74. The lowest BCUT2D eigenvalue weighted by Crippen LogP contribution is -2.28. The average molecular weight is 292 g/mol. The Morgan fingerprint density at radius 1 is 1.39 bits per heavy atom. The summed E-state index contributed by atoms with van der Waals surface area (Å²) in [6.45, 7) is 6.18. The van der Waals surface area contributed by atoms with Crippen molar-refractivity contribution >= 4 is 26.7 Å². The first-order valence-electron chi connectivity index (χ1n) is 5.06. The smallest absolute Gasteiger partial charge is 0.264 e. The van der Waals surface area contributed by atoms with Crippen LogP contribution in [-0.2, 0) is 16.8 Å².